The molecule has 0 spiro atoms. The van der Waals surface area contributed by atoms with E-state index in [1.807, 2.05) is 0 Å². The average molecular weight is 868 g/mol. The van der Waals surface area contributed by atoms with Crippen LogP contribution in [0.15, 0.2) is 102 Å². The van der Waals surface area contributed by atoms with Gasteiger partial charge in [0.25, 0.3) is 5.91 Å². The summed E-state index contributed by atoms with van der Waals surface area (Å²) in [6, 6.07) is 23.9. The minimum atomic E-state index is -2.35. The molecule has 1 aliphatic heterocycles. The maximum Gasteiger partial charge on any atom is 0.338 e. The minimum Gasteiger partial charge on any atom is -0.456 e. The number of ketones is 1. The molecular formula is C48H53NO14. The lowest BCUT2D eigenvalue weighted by Crippen LogP contribution is -2.82. The lowest BCUT2D eigenvalue weighted by molar-refractivity contribution is -0.346. The summed E-state index contributed by atoms with van der Waals surface area (Å²) < 4.78 is 36.4. The number of methoxy groups -OCH3 is 1. The van der Waals surface area contributed by atoms with Crippen molar-refractivity contribution < 1.29 is 67.4 Å². The quantitative estimate of drug-likeness (QED) is 0.139. The number of benzene rings is 3. The number of amides is 1. The highest BCUT2D eigenvalue weighted by atomic mass is 16.6. The number of fused-ring (bicyclic) bond motifs is 5. The van der Waals surface area contributed by atoms with Crippen LogP contribution < -0.4 is 5.32 Å². The summed E-state index contributed by atoms with van der Waals surface area (Å²) in [4.78, 5) is 84.2. The van der Waals surface area contributed by atoms with E-state index >= 15 is 4.79 Å². The van der Waals surface area contributed by atoms with Crippen molar-refractivity contribution >= 4 is 35.6 Å². The first kappa shape index (κ1) is 45.3. The van der Waals surface area contributed by atoms with Gasteiger partial charge in [0.15, 0.2) is 23.6 Å². The van der Waals surface area contributed by atoms with Crippen LogP contribution in [0.2, 0.25) is 0 Å². The second-order valence-corrected chi connectivity index (χ2v) is 17.6. The van der Waals surface area contributed by atoms with Gasteiger partial charge in [0.05, 0.1) is 35.6 Å². The third kappa shape index (κ3) is 7.64. The maximum absolute atomic E-state index is 15.6. The number of carbonyl (C=O) groups is 6. The average Bonchev–Trinajstić information content (AvgIpc) is 3.25. The highest BCUT2D eigenvalue weighted by molar-refractivity contribution is 5.96. The number of carbonyl (C=O) groups excluding carboxylic acids is 6. The molecule has 0 radical (unpaired) electrons. The number of hydrogen-bond donors (Lipinski definition) is 3. The molecule has 3 aromatic carbocycles. The lowest BCUT2D eigenvalue weighted by Gasteiger charge is -2.67. The highest BCUT2D eigenvalue weighted by Crippen LogP contribution is 2.64. The summed E-state index contributed by atoms with van der Waals surface area (Å²) >= 11 is 0. The summed E-state index contributed by atoms with van der Waals surface area (Å²) in [5.41, 5.74) is -6.58. The van der Waals surface area contributed by atoms with Gasteiger partial charge in [0.1, 0.15) is 23.9 Å². The van der Waals surface area contributed by atoms with E-state index in [9.17, 15) is 34.2 Å². The highest BCUT2D eigenvalue weighted by Gasteiger charge is 2.78. The van der Waals surface area contributed by atoms with Crippen LogP contribution in [0.3, 0.4) is 0 Å². The second-order valence-electron chi connectivity index (χ2n) is 17.6. The monoisotopic (exact) mass is 867 g/mol. The Balaban J connectivity index is 1.40. The zero-order valence-corrected chi connectivity index (χ0v) is 36.2. The van der Waals surface area contributed by atoms with Gasteiger partial charge in [-0.15, -0.1) is 0 Å². The first-order valence-corrected chi connectivity index (χ1v) is 20.9. The van der Waals surface area contributed by atoms with Crippen molar-refractivity contribution in [1.82, 2.24) is 5.32 Å². The van der Waals surface area contributed by atoms with Crippen molar-refractivity contribution in [3.8, 4) is 0 Å². The molecule has 3 fully saturated rings. The van der Waals surface area contributed by atoms with Crippen LogP contribution in [0.25, 0.3) is 0 Å². The van der Waals surface area contributed by atoms with E-state index in [-0.39, 0.29) is 29.7 Å². The Bertz CT molecular complexity index is 2300. The molecule has 2 bridgehead atoms. The molecule has 15 heteroatoms. The van der Waals surface area contributed by atoms with Crippen molar-refractivity contribution in [2.45, 2.75) is 108 Å². The van der Waals surface area contributed by atoms with Crippen molar-refractivity contribution in [1.29, 1.82) is 0 Å². The van der Waals surface area contributed by atoms with Gasteiger partial charge in [-0.25, -0.2) is 9.59 Å². The minimum absolute atomic E-state index is 0.0429. The third-order valence-electron chi connectivity index (χ3n) is 13.7. The van der Waals surface area contributed by atoms with E-state index in [1.54, 1.807) is 99.6 Å². The van der Waals surface area contributed by atoms with Crippen molar-refractivity contribution in [3.05, 3.63) is 119 Å². The van der Waals surface area contributed by atoms with E-state index in [1.165, 1.54) is 33.1 Å². The van der Waals surface area contributed by atoms with Crippen LogP contribution in [-0.4, -0.2) is 107 Å². The molecule has 15 nitrogen and oxygen atoms in total. The number of esters is 4. The van der Waals surface area contributed by atoms with Gasteiger partial charge < -0.3 is 44.0 Å². The second kappa shape index (κ2) is 17.1. The van der Waals surface area contributed by atoms with Gasteiger partial charge in [-0.3, -0.25) is 19.2 Å². The standard InChI is InChI=1S/C48H53NO14/c1-26-32(61-44(56)38(58-7)36(29-17-11-8-12-18-29)49-42(54)30-19-13-9-14-20-30)24-48(57)41(62-43(55)31-21-15-10-16-22-31)39-46(6,33(52)23-34-47(39,25-59-34)63-28(3)51)40(53)37(60-27(2)50)35(26)45(48,4)5/h8-22,32-34,36-39,41,52,57H,23-25H2,1-7H3,(H,49,54)/t32?,33?,34?,36?,37?,38?,39?,41?,46?,47-,48?/m0/s1. The summed E-state index contributed by atoms with van der Waals surface area (Å²) in [5, 5.41) is 28.8. The SMILES string of the molecule is COC(C(=O)OC1CC2(O)C(OC(=O)c3ccccc3)C3C(C)(C(=O)C(OC(C)=O)C(=C1C)C2(C)C)C(O)CC1OC[C@]13OC(C)=O)C(NC(=O)c1ccccc1)c1ccccc1. The molecule has 1 saturated heterocycles. The van der Waals surface area contributed by atoms with Gasteiger partial charge >= 0.3 is 23.9 Å². The zero-order chi connectivity index (χ0) is 45.6. The Morgan fingerprint density at radius 2 is 1.41 bits per heavy atom. The van der Waals surface area contributed by atoms with Crippen LogP contribution in [0.4, 0.5) is 0 Å². The molecule has 1 amide bonds. The number of nitrogens with one attached hydrogen (secondary N) is 1. The van der Waals surface area contributed by atoms with Gasteiger partial charge in [-0.05, 0) is 54.8 Å². The van der Waals surface area contributed by atoms with Gasteiger partial charge in [-0.1, -0.05) is 80.6 Å². The van der Waals surface area contributed by atoms with Crippen LogP contribution in [0.5, 0.6) is 0 Å². The Kier molecular flexibility index (Phi) is 12.3. The predicted molar refractivity (Wildman–Crippen MR) is 222 cm³/mol. The Morgan fingerprint density at radius 1 is 0.825 bits per heavy atom. The third-order valence-corrected chi connectivity index (χ3v) is 13.7. The predicted octanol–water partition coefficient (Wildman–Crippen LogP) is 4.39. The number of hydrogen-bond acceptors (Lipinski definition) is 14. The molecule has 10 unspecified atom stereocenters. The summed E-state index contributed by atoms with van der Waals surface area (Å²) in [6.45, 7) is 8.16. The molecule has 63 heavy (non-hydrogen) atoms. The zero-order valence-electron chi connectivity index (χ0n) is 36.2. The fourth-order valence-corrected chi connectivity index (χ4v) is 10.4. The first-order chi connectivity index (χ1) is 29.8. The number of aliphatic hydroxyl groups excluding tert-OH is 1. The van der Waals surface area contributed by atoms with Crippen LogP contribution in [0, 0.1) is 16.7 Å². The van der Waals surface area contributed by atoms with Crippen molar-refractivity contribution in [3.63, 3.8) is 0 Å². The number of rotatable bonds is 11. The van der Waals surface area contributed by atoms with Crippen LogP contribution >= 0.6 is 0 Å². The molecule has 7 rings (SSSR count). The number of aliphatic hydroxyl groups is 2. The van der Waals surface area contributed by atoms with Gasteiger partial charge in [0.2, 0.25) is 0 Å². The fourth-order valence-electron chi connectivity index (χ4n) is 10.4. The fraction of sp³-hybridized carbons (Fsp3) is 0.458. The molecule has 2 saturated carbocycles. The largest absolute Gasteiger partial charge is 0.456 e. The van der Waals surface area contributed by atoms with E-state index < -0.39 is 113 Å². The lowest BCUT2D eigenvalue weighted by atomic mass is 9.44. The first-order valence-electron chi connectivity index (χ1n) is 20.9. The van der Waals surface area contributed by atoms with E-state index in [0.717, 1.165) is 6.92 Å². The molecule has 3 aromatic rings. The molecule has 4 aliphatic rings. The normalized spacial score (nSPS) is 31.5. The van der Waals surface area contributed by atoms with E-state index in [4.69, 9.17) is 28.4 Å². The summed E-state index contributed by atoms with van der Waals surface area (Å²) in [5.74, 6) is -6.38. The number of Topliss-reactive ketones (excluding diaryl/α,β-unsaturated/α-hetero) is 1. The molecule has 334 valence electrons. The molecular weight excluding hydrogens is 815 g/mol. The Labute approximate surface area is 365 Å². The molecule has 3 N–H and O–H groups in total. The molecule has 0 aromatic heterocycles. The molecule has 3 aliphatic carbocycles. The van der Waals surface area contributed by atoms with Crippen molar-refractivity contribution in [2.75, 3.05) is 13.7 Å². The van der Waals surface area contributed by atoms with Crippen LogP contribution in [0.1, 0.15) is 86.7 Å². The Hall–Kier alpha value is -5.74. The van der Waals surface area contributed by atoms with Gasteiger partial charge in [0, 0.05) is 44.8 Å². The molecule has 11 atom stereocenters. The summed E-state index contributed by atoms with van der Waals surface area (Å²) in [6.07, 6.45) is -9.71. The Morgan fingerprint density at radius 3 is 1.95 bits per heavy atom. The smallest absolute Gasteiger partial charge is 0.338 e. The topological polar surface area (TPSA) is 210 Å². The number of ether oxygens (including phenoxy) is 6. The van der Waals surface area contributed by atoms with Crippen molar-refractivity contribution in [2.24, 2.45) is 16.7 Å². The van der Waals surface area contributed by atoms with Gasteiger partial charge in [-0.2, -0.15) is 0 Å². The van der Waals surface area contributed by atoms with Crippen LogP contribution in [-0.2, 0) is 47.6 Å². The summed E-state index contributed by atoms with van der Waals surface area (Å²) in [7, 11) is 1.28. The van der Waals surface area contributed by atoms with E-state index in [0.29, 0.717) is 11.1 Å². The maximum atomic E-state index is 15.6. The molecule has 1 heterocycles. The van der Waals surface area contributed by atoms with E-state index in [2.05, 4.69) is 5.32 Å².